The Hall–Kier alpha value is -2.40. The summed E-state index contributed by atoms with van der Waals surface area (Å²) in [6.45, 7) is 0.0986. The SMILES string of the molecule is O=C1C[C@@H](C(=O)OCc2ccnc(Cl)c2)c2ccccc2N1. The minimum absolute atomic E-state index is 0.0902. The van der Waals surface area contributed by atoms with Crippen LogP contribution in [0.1, 0.15) is 23.5 Å². The van der Waals surface area contributed by atoms with Crippen molar-refractivity contribution < 1.29 is 14.3 Å². The molecule has 1 aromatic carbocycles. The van der Waals surface area contributed by atoms with Gasteiger partial charge in [0.2, 0.25) is 5.91 Å². The monoisotopic (exact) mass is 316 g/mol. The van der Waals surface area contributed by atoms with Crippen LogP contribution in [-0.2, 0) is 20.9 Å². The van der Waals surface area contributed by atoms with Crippen molar-refractivity contribution in [3.05, 3.63) is 58.9 Å². The molecule has 1 aliphatic heterocycles. The molecule has 0 saturated carbocycles. The topological polar surface area (TPSA) is 68.3 Å². The van der Waals surface area contributed by atoms with E-state index in [-0.39, 0.29) is 18.9 Å². The molecule has 22 heavy (non-hydrogen) atoms. The summed E-state index contributed by atoms with van der Waals surface area (Å²) in [6.07, 6.45) is 1.64. The molecule has 0 aliphatic carbocycles. The van der Waals surface area contributed by atoms with Gasteiger partial charge in [-0.25, -0.2) is 4.98 Å². The number of halogens is 1. The van der Waals surface area contributed by atoms with Gasteiger partial charge in [-0.1, -0.05) is 29.8 Å². The predicted molar refractivity (Wildman–Crippen MR) is 81.5 cm³/mol. The molecule has 0 radical (unpaired) electrons. The second-order valence-corrected chi connectivity index (χ2v) is 5.37. The number of para-hydroxylation sites is 1. The smallest absolute Gasteiger partial charge is 0.314 e. The van der Waals surface area contributed by atoms with Crippen molar-refractivity contribution in [2.75, 3.05) is 5.32 Å². The van der Waals surface area contributed by atoms with E-state index in [2.05, 4.69) is 10.3 Å². The van der Waals surface area contributed by atoms with Crippen LogP contribution < -0.4 is 5.32 Å². The molecule has 0 spiro atoms. The number of carbonyl (C=O) groups is 2. The van der Waals surface area contributed by atoms with Crippen molar-refractivity contribution in [2.24, 2.45) is 0 Å². The van der Waals surface area contributed by atoms with E-state index in [1.807, 2.05) is 18.2 Å². The van der Waals surface area contributed by atoms with Crippen molar-refractivity contribution in [3.63, 3.8) is 0 Å². The van der Waals surface area contributed by atoms with E-state index in [0.29, 0.717) is 10.8 Å². The Kier molecular flexibility index (Phi) is 4.06. The molecule has 2 heterocycles. The maximum atomic E-state index is 12.3. The second kappa shape index (κ2) is 6.15. The molecule has 3 rings (SSSR count). The molecule has 1 N–H and O–H groups in total. The molecule has 6 heteroatoms. The van der Waals surface area contributed by atoms with Crippen molar-refractivity contribution in [1.29, 1.82) is 0 Å². The van der Waals surface area contributed by atoms with Crippen molar-refractivity contribution in [3.8, 4) is 0 Å². The number of rotatable bonds is 3. The second-order valence-electron chi connectivity index (χ2n) is 4.99. The van der Waals surface area contributed by atoms with Crippen LogP contribution in [0.15, 0.2) is 42.6 Å². The number of amides is 1. The number of nitrogens with zero attached hydrogens (tertiary/aromatic N) is 1. The van der Waals surface area contributed by atoms with Gasteiger partial charge < -0.3 is 10.1 Å². The molecule has 5 nitrogen and oxygen atoms in total. The number of esters is 1. The van der Waals surface area contributed by atoms with Gasteiger partial charge in [0.15, 0.2) is 0 Å². The molecule has 1 aliphatic rings. The molecular weight excluding hydrogens is 304 g/mol. The zero-order valence-corrected chi connectivity index (χ0v) is 12.3. The minimum Gasteiger partial charge on any atom is -0.460 e. The maximum Gasteiger partial charge on any atom is 0.314 e. The van der Waals surface area contributed by atoms with Crippen LogP contribution in [0.4, 0.5) is 5.69 Å². The van der Waals surface area contributed by atoms with Gasteiger partial charge in [0.1, 0.15) is 11.8 Å². The van der Waals surface area contributed by atoms with E-state index < -0.39 is 11.9 Å². The quantitative estimate of drug-likeness (QED) is 0.698. The highest BCUT2D eigenvalue weighted by Crippen LogP contribution is 2.32. The van der Waals surface area contributed by atoms with Gasteiger partial charge >= 0.3 is 5.97 Å². The number of hydrogen-bond acceptors (Lipinski definition) is 4. The summed E-state index contributed by atoms with van der Waals surface area (Å²) in [4.78, 5) is 27.9. The first-order chi connectivity index (χ1) is 10.6. The summed E-state index contributed by atoms with van der Waals surface area (Å²) in [5.74, 6) is -1.19. The molecule has 1 amide bonds. The van der Waals surface area contributed by atoms with Crippen LogP contribution in [-0.4, -0.2) is 16.9 Å². The number of fused-ring (bicyclic) bond motifs is 1. The Morgan fingerprint density at radius 2 is 2.18 bits per heavy atom. The van der Waals surface area contributed by atoms with E-state index in [9.17, 15) is 9.59 Å². The fourth-order valence-electron chi connectivity index (χ4n) is 2.41. The number of nitrogens with one attached hydrogen (secondary N) is 1. The Bertz CT molecular complexity index is 733. The number of hydrogen-bond donors (Lipinski definition) is 1. The summed E-state index contributed by atoms with van der Waals surface area (Å²) in [7, 11) is 0. The third kappa shape index (κ3) is 3.09. The number of ether oxygens (including phenoxy) is 1. The van der Waals surface area contributed by atoms with Gasteiger partial charge in [-0.2, -0.15) is 0 Å². The lowest BCUT2D eigenvalue weighted by molar-refractivity contribution is -0.148. The van der Waals surface area contributed by atoms with E-state index in [4.69, 9.17) is 16.3 Å². The number of carbonyl (C=O) groups excluding carboxylic acids is 2. The van der Waals surface area contributed by atoms with Gasteiger partial charge in [-0.15, -0.1) is 0 Å². The first kappa shape index (κ1) is 14.5. The van der Waals surface area contributed by atoms with Crippen molar-refractivity contribution >= 4 is 29.2 Å². The van der Waals surface area contributed by atoms with Crippen LogP contribution in [0.2, 0.25) is 5.15 Å². The van der Waals surface area contributed by atoms with Crippen molar-refractivity contribution in [1.82, 2.24) is 4.98 Å². The van der Waals surface area contributed by atoms with Gasteiger partial charge in [-0.05, 0) is 29.3 Å². The highest BCUT2D eigenvalue weighted by atomic mass is 35.5. The largest absolute Gasteiger partial charge is 0.460 e. The number of benzene rings is 1. The Morgan fingerprint density at radius 1 is 1.36 bits per heavy atom. The average molecular weight is 317 g/mol. The highest BCUT2D eigenvalue weighted by Gasteiger charge is 2.31. The standard InChI is InChI=1S/C16H13ClN2O3/c17-14-7-10(5-6-18-14)9-22-16(21)12-8-15(20)19-13-4-2-1-3-11(12)13/h1-7,12H,8-9H2,(H,19,20)/t12-/m1/s1. The van der Waals surface area contributed by atoms with Gasteiger partial charge in [0.05, 0.1) is 5.92 Å². The van der Waals surface area contributed by atoms with Gasteiger partial charge in [-0.3, -0.25) is 9.59 Å². The Balaban J connectivity index is 1.74. The fourth-order valence-corrected chi connectivity index (χ4v) is 2.61. The normalized spacial score (nSPS) is 16.6. The number of pyridine rings is 1. The summed E-state index contributed by atoms with van der Waals surface area (Å²) in [6, 6.07) is 10.6. The lowest BCUT2D eigenvalue weighted by Crippen LogP contribution is -2.28. The number of aromatic nitrogens is 1. The predicted octanol–water partition coefficient (Wildman–Crippen LogP) is 2.90. The summed E-state index contributed by atoms with van der Waals surface area (Å²) in [5, 5.41) is 3.10. The van der Waals surface area contributed by atoms with E-state index in [1.54, 1.807) is 24.4 Å². The number of anilines is 1. The maximum absolute atomic E-state index is 12.3. The van der Waals surface area contributed by atoms with Crippen LogP contribution in [0, 0.1) is 0 Å². The van der Waals surface area contributed by atoms with Crippen molar-refractivity contribution in [2.45, 2.75) is 18.9 Å². The summed E-state index contributed by atoms with van der Waals surface area (Å²) < 4.78 is 5.32. The molecule has 0 fully saturated rings. The zero-order valence-electron chi connectivity index (χ0n) is 11.6. The molecule has 0 unspecified atom stereocenters. The molecule has 0 bridgehead atoms. The van der Waals surface area contributed by atoms with Gasteiger partial charge in [0.25, 0.3) is 0 Å². The molecule has 1 aromatic heterocycles. The Labute approximate surface area is 132 Å². The summed E-state index contributed by atoms with van der Waals surface area (Å²) in [5.41, 5.74) is 2.19. The van der Waals surface area contributed by atoms with E-state index in [1.165, 1.54) is 0 Å². The highest BCUT2D eigenvalue weighted by molar-refractivity contribution is 6.29. The first-order valence-electron chi connectivity index (χ1n) is 6.79. The van der Waals surface area contributed by atoms with E-state index in [0.717, 1.165) is 11.1 Å². The minimum atomic E-state index is -0.581. The third-order valence-corrected chi connectivity index (χ3v) is 3.66. The Morgan fingerprint density at radius 3 is 3.00 bits per heavy atom. The van der Waals surface area contributed by atoms with Crippen LogP contribution in [0.3, 0.4) is 0 Å². The van der Waals surface area contributed by atoms with Crippen LogP contribution in [0.5, 0.6) is 0 Å². The average Bonchev–Trinajstić information content (AvgIpc) is 2.52. The molecule has 0 saturated heterocycles. The van der Waals surface area contributed by atoms with Gasteiger partial charge in [0, 0.05) is 18.3 Å². The molecule has 1 atom stereocenters. The molecular formula is C16H13ClN2O3. The van der Waals surface area contributed by atoms with Crippen LogP contribution >= 0.6 is 11.6 Å². The first-order valence-corrected chi connectivity index (χ1v) is 7.17. The van der Waals surface area contributed by atoms with E-state index >= 15 is 0 Å². The third-order valence-electron chi connectivity index (χ3n) is 3.46. The lowest BCUT2D eigenvalue weighted by Gasteiger charge is -2.24. The summed E-state index contributed by atoms with van der Waals surface area (Å²) >= 11 is 5.79. The molecule has 2 aromatic rings. The lowest BCUT2D eigenvalue weighted by atomic mass is 9.91. The fraction of sp³-hybridized carbons (Fsp3) is 0.188. The zero-order chi connectivity index (χ0) is 15.5. The van der Waals surface area contributed by atoms with Crippen LogP contribution in [0.25, 0.3) is 0 Å². The molecule has 112 valence electrons.